The third-order valence-corrected chi connectivity index (χ3v) is 10.9. The largest absolute Gasteiger partial charge is 0.309 e. The molecule has 3 heteroatoms. The van der Waals surface area contributed by atoms with Crippen LogP contribution in [0.25, 0.3) is 104 Å². The minimum atomic E-state index is 0.942. The number of aromatic nitrogens is 3. The average molecular weight is 674 g/mol. The van der Waals surface area contributed by atoms with E-state index in [-0.39, 0.29) is 0 Å². The van der Waals surface area contributed by atoms with Gasteiger partial charge in [-0.15, -0.1) is 0 Å². The Balaban J connectivity index is 0.923. The lowest BCUT2D eigenvalue weighted by molar-refractivity contribution is 1.18. The average Bonchev–Trinajstić information content (AvgIpc) is 3.58. The molecule has 0 aliphatic heterocycles. The van der Waals surface area contributed by atoms with E-state index in [1.54, 1.807) is 12.4 Å². The van der Waals surface area contributed by atoms with E-state index in [1.165, 1.54) is 82.4 Å². The Bertz CT molecular complexity index is 3140. The second kappa shape index (κ2) is 11.7. The van der Waals surface area contributed by atoms with Crippen LogP contribution in [0.2, 0.25) is 0 Å². The highest BCUT2D eigenvalue weighted by molar-refractivity contribution is 6.23. The molecule has 0 atom stereocenters. The maximum Gasteiger partial charge on any atom is 0.0971 e. The molecule has 0 bridgehead atoms. The summed E-state index contributed by atoms with van der Waals surface area (Å²) in [5.41, 5.74) is 12.7. The van der Waals surface area contributed by atoms with E-state index in [1.807, 2.05) is 0 Å². The van der Waals surface area contributed by atoms with Crippen LogP contribution in [0.5, 0.6) is 0 Å². The van der Waals surface area contributed by atoms with Gasteiger partial charge in [-0.2, -0.15) is 0 Å². The Kier molecular flexibility index (Phi) is 6.55. The van der Waals surface area contributed by atoms with Crippen molar-refractivity contribution >= 4 is 65.2 Å². The van der Waals surface area contributed by atoms with Crippen molar-refractivity contribution in [3.63, 3.8) is 0 Å². The zero-order chi connectivity index (χ0) is 34.9. The predicted molar refractivity (Wildman–Crippen MR) is 223 cm³/mol. The van der Waals surface area contributed by atoms with Gasteiger partial charge in [-0.3, -0.25) is 9.97 Å². The quantitative estimate of drug-likeness (QED) is 0.174. The van der Waals surface area contributed by atoms with Gasteiger partial charge in [-0.25, -0.2) is 0 Å². The first kappa shape index (κ1) is 29.6. The Morgan fingerprint density at radius 1 is 0.302 bits per heavy atom. The van der Waals surface area contributed by atoms with E-state index >= 15 is 0 Å². The predicted octanol–water partition coefficient (Wildman–Crippen LogP) is 13.2. The normalized spacial score (nSPS) is 11.8. The number of rotatable bonds is 4. The fourth-order valence-electron chi connectivity index (χ4n) is 8.30. The fraction of sp³-hybridized carbons (Fsp3) is 0. The number of para-hydroxylation sites is 2. The number of benzene rings is 9. The molecular weight excluding hydrogens is 643 g/mol. The fourth-order valence-corrected chi connectivity index (χ4v) is 8.30. The summed E-state index contributed by atoms with van der Waals surface area (Å²) in [6.07, 6.45) is 3.56. The van der Waals surface area contributed by atoms with E-state index in [0.717, 1.165) is 21.8 Å². The van der Waals surface area contributed by atoms with Crippen molar-refractivity contribution in [2.45, 2.75) is 0 Å². The van der Waals surface area contributed by atoms with Crippen LogP contribution in [0, 0.1) is 0 Å². The summed E-state index contributed by atoms with van der Waals surface area (Å²) in [7, 11) is 0. The van der Waals surface area contributed by atoms with Crippen LogP contribution in [0.3, 0.4) is 0 Å². The number of fused-ring (bicyclic) bond motifs is 10. The topological polar surface area (TPSA) is 30.7 Å². The van der Waals surface area contributed by atoms with Crippen molar-refractivity contribution < 1.29 is 0 Å². The molecule has 0 N–H and O–H groups in total. The van der Waals surface area contributed by atoms with Crippen molar-refractivity contribution in [3.8, 4) is 39.1 Å². The Labute approximate surface area is 306 Å². The molecule has 0 aliphatic carbocycles. The lowest BCUT2D eigenvalue weighted by Crippen LogP contribution is -1.93. The number of nitrogens with zero attached hydrogens (tertiary/aromatic N) is 3. The maximum absolute atomic E-state index is 4.73. The van der Waals surface area contributed by atoms with Crippen molar-refractivity contribution in [1.82, 2.24) is 14.5 Å². The van der Waals surface area contributed by atoms with E-state index in [2.05, 4.69) is 180 Å². The highest BCUT2D eigenvalue weighted by atomic mass is 15.0. The van der Waals surface area contributed by atoms with Gasteiger partial charge in [0.2, 0.25) is 0 Å². The van der Waals surface area contributed by atoms with Crippen LogP contribution in [0.4, 0.5) is 0 Å². The highest BCUT2D eigenvalue weighted by Gasteiger charge is 2.14. The van der Waals surface area contributed by atoms with Gasteiger partial charge in [0.15, 0.2) is 0 Å². The van der Waals surface area contributed by atoms with Crippen LogP contribution >= 0.6 is 0 Å². The third kappa shape index (κ3) is 4.75. The van der Waals surface area contributed by atoms with Crippen LogP contribution in [0.15, 0.2) is 188 Å². The summed E-state index contributed by atoms with van der Waals surface area (Å²) in [6, 6.07) is 64.0. The van der Waals surface area contributed by atoms with E-state index in [0.29, 0.717) is 0 Å². The van der Waals surface area contributed by atoms with Gasteiger partial charge < -0.3 is 4.57 Å². The van der Waals surface area contributed by atoms with Crippen LogP contribution in [0.1, 0.15) is 0 Å². The van der Waals surface area contributed by atoms with Crippen molar-refractivity contribution in [3.05, 3.63) is 188 Å². The number of hydrogen-bond acceptors (Lipinski definition) is 2. The molecule has 0 aliphatic rings. The van der Waals surface area contributed by atoms with E-state index in [4.69, 9.17) is 9.97 Å². The van der Waals surface area contributed by atoms with Crippen LogP contribution in [-0.4, -0.2) is 14.5 Å². The molecule has 2 aromatic heterocycles. The summed E-state index contributed by atoms with van der Waals surface area (Å²) >= 11 is 0. The summed E-state index contributed by atoms with van der Waals surface area (Å²) in [4.78, 5) is 9.42. The molecule has 246 valence electrons. The first-order valence-electron chi connectivity index (χ1n) is 18.1. The van der Waals surface area contributed by atoms with Gasteiger partial charge in [0.1, 0.15) is 0 Å². The SMILES string of the molecule is c1cc(-c2ccc3cc(-c4ccc(-n5c6ccccc6c6ccccc65)cc4)ccc3c2)cc(-c2ccc3c(c2)c2ccccc2c2nccnc32)c1. The molecular formula is C50H31N3. The molecule has 0 unspecified atom stereocenters. The standard InChI is InChI=1S/C50H31N3/c1-2-13-44-41(10-1)46-31-39(22-25-45(46)50-49(44)51-26-27-52-50)34-9-7-8-33(28-34)36-18-19-37-29-35(16-17-38(37)30-36)32-20-23-40(24-21-32)53-47-14-5-3-11-42(47)43-12-4-6-15-48(43)53/h1-31H. The molecule has 0 amide bonds. The van der Waals surface area contributed by atoms with Crippen molar-refractivity contribution in [1.29, 1.82) is 0 Å². The van der Waals surface area contributed by atoms with Gasteiger partial charge >= 0.3 is 0 Å². The zero-order valence-corrected chi connectivity index (χ0v) is 28.7. The summed E-state index contributed by atoms with van der Waals surface area (Å²) in [5.74, 6) is 0. The van der Waals surface area contributed by atoms with Gasteiger partial charge in [0.25, 0.3) is 0 Å². The third-order valence-electron chi connectivity index (χ3n) is 10.9. The van der Waals surface area contributed by atoms with Crippen LogP contribution < -0.4 is 0 Å². The van der Waals surface area contributed by atoms with Gasteiger partial charge in [-0.05, 0) is 103 Å². The molecule has 0 saturated carbocycles. The minimum Gasteiger partial charge on any atom is -0.309 e. The molecule has 0 fully saturated rings. The summed E-state index contributed by atoms with van der Waals surface area (Å²) < 4.78 is 2.37. The minimum absolute atomic E-state index is 0.942. The lowest BCUT2D eigenvalue weighted by atomic mass is 9.93. The molecule has 53 heavy (non-hydrogen) atoms. The molecule has 9 aromatic carbocycles. The Hall–Kier alpha value is -7.10. The second-order valence-electron chi connectivity index (χ2n) is 13.8. The molecule has 0 saturated heterocycles. The van der Waals surface area contributed by atoms with Gasteiger partial charge in [-0.1, -0.05) is 127 Å². The molecule has 0 radical (unpaired) electrons. The first-order valence-corrected chi connectivity index (χ1v) is 18.1. The second-order valence-corrected chi connectivity index (χ2v) is 13.8. The van der Waals surface area contributed by atoms with Gasteiger partial charge in [0.05, 0.1) is 22.1 Å². The molecule has 11 rings (SSSR count). The van der Waals surface area contributed by atoms with Crippen LogP contribution in [-0.2, 0) is 0 Å². The summed E-state index contributed by atoms with van der Waals surface area (Å²) in [5, 5.41) is 9.65. The van der Waals surface area contributed by atoms with Gasteiger partial charge in [0, 0.05) is 39.6 Å². The highest BCUT2D eigenvalue weighted by Crippen LogP contribution is 2.37. The van der Waals surface area contributed by atoms with E-state index < -0.39 is 0 Å². The lowest BCUT2D eigenvalue weighted by Gasteiger charge is -2.12. The summed E-state index contributed by atoms with van der Waals surface area (Å²) in [6.45, 7) is 0. The molecule has 0 spiro atoms. The molecule has 2 heterocycles. The monoisotopic (exact) mass is 673 g/mol. The Morgan fingerprint density at radius 2 is 0.774 bits per heavy atom. The zero-order valence-electron chi connectivity index (χ0n) is 28.7. The van der Waals surface area contributed by atoms with E-state index in [9.17, 15) is 0 Å². The smallest absolute Gasteiger partial charge is 0.0971 e. The van der Waals surface area contributed by atoms with Crippen molar-refractivity contribution in [2.75, 3.05) is 0 Å². The maximum atomic E-state index is 4.73. The number of hydrogen-bond donors (Lipinski definition) is 0. The molecule has 3 nitrogen and oxygen atoms in total. The van der Waals surface area contributed by atoms with Crippen molar-refractivity contribution in [2.24, 2.45) is 0 Å². The Morgan fingerprint density at radius 3 is 1.42 bits per heavy atom. The first-order chi connectivity index (χ1) is 26.3. The molecule has 11 aromatic rings.